The quantitative estimate of drug-likeness (QED) is 0.0265. The van der Waals surface area contributed by atoms with E-state index in [1.165, 1.54) is 103 Å². The molecule has 0 aliphatic carbocycles. The fourth-order valence-corrected chi connectivity index (χ4v) is 6.53. The van der Waals surface area contributed by atoms with Crippen LogP contribution in [0.1, 0.15) is 200 Å². The number of esters is 2. The minimum atomic E-state index is -1.13. The van der Waals surface area contributed by atoms with Crippen molar-refractivity contribution in [3.05, 3.63) is 24.3 Å². The normalized spacial score (nSPS) is 13.1. The third kappa shape index (κ3) is 35.5. The van der Waals surface area contributed by atoms with Crippen molar-refractivity contribution in [1.29, 1.82) is 0 Å². The van der Waals surface area contributed by atoms with Crippen LogP contribution in [0.15, 0.2) is 24.3 Å². The predicted octanol–water partition coefficient (Wildman–Crippen LogP) is 10.7. The summed E-state index contributed by atoms with van der Waals surface area (Å²) in [6, 6.07) is -0.726. The van der Waals surface area contributed by atoms with E-state index in [2.05, 4.69) is 38.2 Å². The highest BCUT2D eigenvalue weighted by atomic mass is 16.6. The van der Waals surface area contributed by atoms with Crippen molar-refractivity contribution in [3.63, 3.8) is 0 Å². The highest BCUT2D eigenvalue weighted by molar-refractivity contribution is 5.70. The molecule has 0 aliphatic rings. The van der Waals surface area contributed by atoms with Gasteiger partial charge < -0.3 is 28.6 Å². The Morgan fingerprint density at radius 3 is 1.33 bits per heavy atom. The fourth-order valence-electron chi connectivity index (χ4n) is 6.53. The Bertz CT molecular complexity index is 942. The van der Waals surface area contributed by atoms with Gasteiger partial charge in [0.05, 0.1) is 40.3 Å². The van der Waals surface area contributed by atoms with Gasteiger partial charge in [-0.25, -0.2) is 0 Å². The summed E-state index contributed by atoms with van der Waals surface area (Å²) in [5.41, 5.74) is 0. The molecule has 0 heterocycles. The molecular weight excluding hydrogens is 679 g/mol. The Hall–Kier alpha value is -2.19. The van der Waals surface area contributed by atoms with E-state index in [0.717, 1.165) is 64.2 Å². The molecule has 0 bridgehead atoms. The molecule has 2 atom stereocenters. The van der Waals surface area contributed by atoms with Gasteiger partial charge in [-0.3, -0.25) is 9.59 Å². The molecular formula is C46H85NO7. The Balaban J connectivity index is 4.36. The van der Waals surface area contributed by atoms with Crippen molar-refractivity contribution in [2.24, 2.45) is 0 Å². The van der Waals surface area contributed by atoms with E-state index in [1.807, 2.05) is 0 Å². The van der Waals surface area contributed by atoms with Gasteiger partial charge in [-0.15, -0.1) is 0 Å². The van der Waals surface area contributed by atoms with Crippen LogP contribution < -0.4 is 5.11 Å². The number of rotatable bonds is 40. The first-order valence-corrected chi connectivity index (χ1v) is 22.4. The van der Waals surface area contributed by atoms with Gasteiger partial charge in [0.2, 0.25) is 0 Å². The number of carbonyl (C=O) groups is 3. The molecule has 8 heteroatoms. The summed E-state index contributed by atoms with van der Waals surface area (Å²) < 4.78 is 17.2. The summed E-state index contributed by atoms with van der Waals surface area (Å²) in [5.74, 6) is -1.75. The topological polar surface area (TPSA) is 102 Å². The number of nitrogens with zero attached hydrogens (tertiary/aromatic N) is 1. The van der Waals surface area contributed by atoms with Crippen LogP contribution in [0, 0.1) is 0 Å². The molecule has 0 saturated heterocycles. The lowest BCUT2D eigenvalue weighted by molar-refractivity contribution is -0.889. The molecule has 0 aromatic rings. The van der Waals surface area contributed by atoms with Gasteiger partial charge >= 0.3 is 11.9 Å². The number of allylic oxidation sites excluding steroid dienone is 4. The van der Waals surface area contributed by atoms with Crippen LogP contribution in [0.2, 0.25) is 0 Å². The molecule has 0 N–H and O–H groups in total. The zero-order valence-corrected chi connectivity index (χ0v) is 35.9. The SMILES string of the molecule is CCCCCCCC/C=C\CCCCCCCC(=O)OCC(COCCC(C(=O)[O-])[N+](C)(C)C)OC(=O)CCCCCCC/C=C\CCCCCCCC. The lowest BCUT2D eigenvalue weighted by atomic mass is 10.1. The molecule has 8 nitrogen and oxygen atoms in total. The molecule has 0 radical (unpaired) electrons. The number of aliphatic carboxylic acids is 1. The first kappa shape index (κ1) is 51.8. The van der Waals surface area contributed by atoms with Gasteiger partial charge in [0.1, 0.15) is 12.6 Å². The van der Waals surface area contributed by atoms with Gasteiger partial charge in [-0.2, -0.15) is 0 Å². The summed E-state index contributed by atoms with van der Waals surface area (Å²) >= 11 is 0. The minimum absolute atomic E-state index is 0.0374. The minimum Gasteiger partial charge on any atom is -0.544 e. The first-order valence-electron chi connectivity index (χ1n) is 22.4. The van der Waals surface area contributed by atoms with Crippen molar-refractivity contribution in [2.75, 3.05) is 41.0 Å². The predicted molar refractivity (Wildman–Crippen MR) is 222 cm³/mol. The standard InChI is InChI=1S/C46H85NO7/c1-6-8-10-12-14-16-18-20-22-24-26-28-30-32-34-36-44(48)53-41-42(40-52-39-38-43(46(50)51)47(3,4)5)54-45(49)37-35-33-31-29-27-25-23-21-19-17-15-13-11-9-7-2/h20-23,42-43H,6-19,24-41H2,1-5H3/b22-20-,23-21-. The van der Waals surface area contributed by atoms with Crippen molar-refractivity contribution < 1.29 is 38.2 Å². The zero-order chi connectivity index (χ0) is 40.0. The lowest BCUT2D eigenvalue weighted by Crippen LogP contribution is -2.55. The van der Waals surface area contributed by atoms with Crippen LogP contribution in [0.25, 0.3) is 0 Å². The number of hydrogen-bond donors (Lipinski definition) is 0. The van der Waals surface area contributed by atoms with E-state index in [4.69, 9.17) is 14.2 Å². The van der Waals surface area contributed by atoms with E-state index in [9.17, 15) is 19.5 Å². The van der Waals surface area contributed by atoms with Gasteiger partial charge in [0.25, 0.3) is 0 Å². The van der Waals surface area contributed by atoms with E-state index in [0.29, 0.717) is 12.8 Å². The second-order valence-corrected chi connectivity index (χ2v) is 16.3. The fraction of sp³-hybridized carbons (Fsp3) is 0.848. The largest absolute Gasteiger partial charge is 0.544 e. The highest BCUT2D eigenvalue weighted by Gasteiger charge is 2.25. The second-order valence-electron chi connectivity index (χ2n) is 16.3. The second kappa shape index (κ2) is 37.7. The van der Waals surface area contributed by atoms with Gasteiger partial charge in [-0.1, -0.05) is 141 Å². The molecule has 0 rings (SSSR count). The van der Waals surface area contributed by atoms with Gasteiger partial charge in [0, 0.05) is 19.3 Å². The summed E-state index contributed by atoms with van der Waals surface area (Å²) in [6.07, 6.45) is 40.5. The molecule has 2 unspecified atom stereocenters. The number of carboxylic acids is 1. The van der Waals surface area contributed by atoms with Crippen molar-refractivity contribution in [3.8, 4) is 0 Å². The molecule has 0 aromatic heterocycles. The third-order valence-electron chi connectivity index (χ3n) is 10.1. The number of unbranched alkanes of at least 4 members (excludes halogenated alkanes) is 22. The van der Waals surface area contributed by atoms with Crippen LogP contribution in [0.5, 0.6) is 0 Å². The average Bonchev–Trinajstić information content (AvgIpc) is 3.12. The maximum Gasteiger partial charge on any atom is 0.306 e. The first-order chi connectivity index (χ1) is 26.1. The molecule has 54 heavy (non-hydrogen) atoms. The van der Waals surface area contributed by atoms with Gasteiger partial charge in [0.15, 0.2) is 6.10 Å². The molecule has 0 amide bonds. The van der Waals surface area contributed by atoms with Crippen LogP contribution in [0.3, 0.4) is 0 Å². The molecule has 0 aromatic carbocycles. The smallest absolute Gasteiger partial charge is 0.306 e. The summed E-state index contributed by atoms with van der Waals surface area (Å²) in [5, 5.41) is 11.6. The molecule has 0 spiro atoms. The Morgan fingerprint density at radius 1 is 0.537 bits per heavy atom. The highest BCUT2D eigenvalue weighted by Crippen LogP contribution is 2.14. The molecule has 0 fully saturated rings. The van der Waals surface area contributed by atoms with Crippen LogP contribution in [-0.2, 0) is 28.6 Å². The molecule has 316 valence electrons. The Labute approximate surface area is 332 Å². The number of hydrogen-bond acceptors (Lipinski definition) is 7. The molecule has 0 saturated carbocycles. The number of carboxylic acid groups (broad SMARTS) is 1. The number of quaternary nitrogens is 1. The number of likely N-dealkylation sites (N-methyl/N-ethyl adjacent to an activating group) is 1. The summed E-state index contributed by atoms with van der Waals surface area (Å²) in [7, 11) is 5.40. The number of carbonyl (C=O) groups excluding carboxylic acids is 3. The van der Waals surface area contributed by atoms with E-state index < -0.39 is 18.1 Å². The average molecular weight is 764 g/mol. The van der Waals surface area contributed by atoms with Crippen molar-refractivity contribution >= 4 is 17.9 Å². The zero-order valence-electron chi connectivity index (χ0n) is 35.9. The summed E-state index contributed by atoms with van der Waals surface area (Å²) in [6.45, 7) is 4.64. The van der Waals surface area contributed by atoms with Crippen molar-refractivity contribution in [1.82, 2.24) is 0 Å². The van der Waals surface area contributed by atoms with E-state index >= 15 is 0 Å². The van der Waals surface area contributed by atoms with Crippen molar-refractivity contribution in [2.45, 2.75) is 212 Å². The monoisotopic (exact) mass is 764 g/mol. The maximum absolute atomic E-state index is 12.7. The Kier molecular flexibility index (Phi) is 36.2. The van der Waals surface area contributed by atoms with Crippen LogP contribution in [-0.4, -0.2) is 75.5 Å². The summed E-state index contributed by atoms with van der Waals surface area (Å²) in [4.78, 5) is 36.8. The van der Waals surface area contributed by atoms with E-state index in [1.54, 1.807) is 21.1 Å². The molecule has 0 aliphatic heterocycles. The van der Waals surface area contributed by atoms with Gasteiger partial charge in [-0.05, 0) is 64.2 Å². The van der Waals surface area contributed by atoms with E-state index in [-0.39, 0.29) is 42.7 Å². The third-order valence-corrected chi connectivity index (χ3v) is 10.1. The number of ether oxygens (including phenoxy) is 3. The lowest BCUT2D eigenvalue weighted by Gasteiger charge is -2.34. The Morgan fingerprint density at radius 2 is 0.926 bits per heavy atom. The van der Waals surface area contributed by atoms with Crippen LogP contribution >= 0.6 is 0 Å². The maximum atomic E-state index is 12.7. The van der Waals surface area contributed by atoms with Crippen LogP contribution in [0.4, 0.5) is 0 Å².